The molecule has 1 atom stereocenters. The predicted molar refractivity (Wildman–Crippen MR) is 101 cm³/mol. The number of imidazole rings is 2. The fourth-order valence-corrected chi connectivity index (χ4v) is 2.97. The molecule has 4 aromatic rings. The minimum atomic E-state index is -0.113. The Balaban J connectivity index is 1.61. The van der Waals surface area contributed by atoms with E-state index >= 15 is 0 Å². The van der Waals surface area contributed by atoms with E-state index in [1.165, 1.54) is 0 Å². The lowest BCUT2D eigenvalue weighted by Crippen LogP contribution is -2.10. The molecule has 26 heavy (non-hydrogen) atoms. The van der Waals surface area contributed by atoms with Crippen LogP contribution in [-0.2, 0) is 0 Å². The first-order valence-corrected chi connectivity index (χ1v) is 8.56. The van der Waals surface area contributed by atoms with E-state index in [9.17, 15) is 0 Å². The fourth-order valence-electron chi connectivity index (χ4n) is 2.97. The summed E-state index contributed by atoms with van der Waals surface area (Å²) in [6.07, 6.45) is 7.17. The molecule has 0 amide bonds. The molecule has 0 fully saturated rings. The van der Waals surface area contributed by atoms with Gasteiger partial charge in [-0.15, -0.1) is 0 Å². The number of aromatic nitrogens is 4. The Morgan fingerprint density at radius 2 is 1.77 bits per heavy atom. The molecule has 0 bridgehead atoms. The summed E-state index contributed by atoms with van der Waals surface area (Å²) < 4.78 is 10.0. The van der Waals surface area contributed by atoms with Gasteiger partial charge in [-0.3, -0.25) is 4.57 Å². The normalized spacial score (nSPS) is 12.1. The first kappa shape index (κ1) is 16.1. The van der Waals surface area contributed by atoms with E-state index < -0.39 is 0 Å². The smallest absolute Gasteiger partial charge is 0.173 e. The highest BCUT2D eigenvalue weighted by molar-refractivity contribution is 5.59. The summed E-state index contributed by atoms with van der Waals surface area (Å²) in [4.78, 5) is 8.64. The molecule has 1 unspecified atom stereocenters. The second-order valence-electron chi connectivity index (χ2n) is 6.15. The summed E-state index contributed by atoms with van der Waals surface area (Å²) in [7, 11) is 0. The van der Waals surface area contributed by atoms with Crippen LogP contribution in [0.2, 0.25) is 0 Å². The highest BCUT2D eigenvalue weighted by atomic mass is 16.5. The third-order valence-electron chi connectivity index (χ3n) is 4.32. The lowest BCUT2D eigenvalue weighted by Gasteiger charge is -2.16. The van der Waals surface area contributed by atoms with Crippen LogP contribution in [0.3, 0.4) is 0 Å². The maximum absolute atomic E-state index is 5.97. The summed E-state index contributed by atoms with van der Waals surface area (Å²) in [5.41, 5.74) is 3.24. The number of hydrogen-bond acceptors (Lipinski definition) is 3. The highest BCUT2D eigenvalue weighted by Crippen LogP contribution is 2.26. The van der Waals surface area contributed by atoms with Crippen LogP contribution in [0.15, 0.2) is 79.5 Å². The molecule has 0 radical (unpaired) electrons. The van der Waals surface area contributed by atoms with Crippen LogP contribution in [0, 0.1) is 6.92 Å². The average Bonchev–Trinajstić information content (AvgIpc) is 3.33. The van der Waals surface area contributed by atoms with Gasteiger partial charge in [-0.2, -0.15) is 0 Å². The Morgan fingerprint density at radius 1 is 1.00 bits per heavy atom. The maximum atomic E-state index is 5.97. The van der Waals surface area contributed by atoms with Crippen LogP contribution in [0.1, 0.15) is 18.8 Å². The molecule has 5 nitrogen and oxygen atoms in total. The lowest BCUT2D eigenvalue weighted by atomic mass is 10.2. The van der Waals surface area contributed by atoms with E-state index in [-0.39, 0.29) is 6.23 Å². The first-order chi connectivity index (χ1) is 12.7. The number of ether oxygens (including phenoxy) is 1. The summed E-state index contributed by atoms with van der Waals surface area (Å²) >= 11 is 0. The van der Waals surface area contributed by atoms with Crippen LogP contribution in [0.5, 0.6) is 5.75 Å². The monoisotopic (exact) mass is 344 g/mol. The summed E-state index contributed by atoms with van der Waals surface area (Å²) in [6.45, 7) is 4.05. The van der Waals surface area contributed by atoms with Gasteiger partial charge in [0.1, 0.15) is 11.6 Å². The summed E-state index contributed by atoms with van der Waals surface area (Å²) in [6, 6.07) is 18.3. The van der Waals surface area contributed by atoms with Gasteiger partial charge in [-0.05, 0) is 38.1 Å². The summed E-state index contributed by atoms with van der Waals surface area (Å²) in [5, 5.41) is 0. The molecule has 0 aliphatic rings. The van der Waals surface area contributed by atoms with Crippen LogP contribution in [-0.4, -0.2) is 19.1 Å². The molecule has 2 heterocycles. The van der Waals surface area contributed by atoms with Crippen molar-refractivity contribution in [2.45, 2.75) is 20.1 Å². The van der Waals surface area contributed by atoms with Crippen molar-refractivity contribution < 1.29 is 4.74 Å². The Hall–Kier alpha value is -3.34. The molecular formula is C21H20N4O. The van der Waals surface area contributed by atoms with Gasteiger partial charge in [0.05, 0.1) is 6.33 Å². The second kappa shape index (κ2) is 6.88. The summed E-state index contributed by atoms with van der Waals surface area (Å²) in [5.74, 6) is 1.75. The molecule has 0 saturated heterocycles. The molecule has 2 aromatic heterocycles. The SMILES string of the molecule is Cc1cnc(-c2ccccc2)n1-c1ccc(OC(C)n2ccnc2)cc1. The first-order valence-electron chi connectivity index (χ1n) is 8.56. The van der Waals surface area contributed by atoms with Crippen molar-refractivity contribution in [2.75, 3.05) is 0 Å². The fraction of sp³-hybridized carbons (Fsp3) is 0.143. The van der Waals surface area contributed by atoms with E-state index in [0.717, 1.165) is 28.5 Å². The van der Waals surface area contributed by atoms with Gasteiger partial charge in [-0.1, -0.05) is 30.3 Å². The van der Waals surface area contributed by atoms with Crippen molar-refractivity contribution in [3.63, 3.8) is 0 Å². The predicted octanol–water partition coefficient (Wildman–Crippen LogP) is 4.64. The van der Waals surface area contributed by atoms with Crippen molar-refractivity contribution in [1.82, 2.24) is 19.1 Å². The molecular weight excluding hydrogens is 324 g/mol. The molecule has 4 rings (SSSR count). The zero-order valence-corrected chi connectivity index (χ0v) is 14.8. The lowest BCUT2D eigenvalue weighted by molar-refractivity contribution is 0.152. The van der Waals surface area contributed by atoms with Crippen molar-refractivity contribution >= 4 is 0 Å². The minimum absolute atomic E-state index is 0.113. The van der Waals surface area contributed by atoms with Crippen LogP contribution in [0.25, 0.3) is 17.1 Å². The van der Waals surface area contributed by atoms with Gasteiger partial charge in [0, 0.05) is 35.5 Å². The quantitative estimate of drug-likeness (QED) is 0.530. The molecule has 5 heteroatoms. The third kappa shape index (κ3) is 3.11. The molecule has 0 N–H and O–H groups in total. The van der Waals surface area contributed by atoms with Crippen molar-refractivity contribution in [2.24, 2.45) is 0 Å². The van der Waals surface area contributed by atoms with Gasteiger partial charge in [0.25, 0.3) is 0 Å². The number of rotatable bonds is 5. The average molecular weight is 344 g/mol. The third-order valence-corrected chi connectivity index (χ3v) is 4.32. The molecule has 0 saturated carbocycles. The Bertz CT molecular complexity index is 973. The second-order valence-corrected chi connectivity index (χ2v) is 6.15. The Labute approximate surface area is 152 Å². The van der Waals surface area contributed by atoms with E-state index in [1.807, 2.05) is 54.2 Å². The van der Waals surface area contributed by atoms with Crippen molar-refractivity contribution in [3.8, 4) is 22.8 Å². The number of nitrogens with zero attached hydrogens (tertiary/aromatic N) is 4. The van der Waals surface area contributed by atoms with E-state index in [1.54, 1.807) is 12.5 Å². The minimum Gasteiger partial charge on any atom is -0.470 e. The number of hydrogen-bond donors (Lipinski definition) is 0. The van der Waals surface area contributed by atoms with E-state index in [0.29, 0.717) is 0 Å². The number of aryl methyl sites for hydroxylation is 1. The Kier molecular flexibility index (Phi) is 4.27. The Morgan fingerprint density at radius 3 is 2.46 bits per heavy atom. The molecule has 0 aliphatic carbocycles. The molecule has 2 aromatic carbocycles. The van der Waals surface area contributed by atoms with Crippen LogP contribution in [0.4, 0.5) is 0 Å². The van der Waals surface area contributed by atoms with Crippen LogP contribution < -0.4 is 4.74 Å². The largest absolute Gasteiger partial charge is 0.470 e. The van der Waals surface area contributed by atoms with Gasteiger partial charge in [-0.25, -0.2) is 9.97 Å². The van der Waals surface area contributed by atoms with Gasteiger partial charge in [0.2, 0.25) is 0 Å². The standard InChI is InChI=1S/C21H20N4O/c1-16-14-23-21(18-6-4-3-5-7-18)25(16)19-8-10-20(11-9-19)26-17(2)24-13-12-22-15-24/h3-15,17H,1-2H3. The molecule has 0 aliphatic heterocycles. The topological polar surface area (TPSA) is 44.9 Å². The van der Waals surface area contributed by atoms with E-state index in [4.69, 9.17) is 4.74 Å². The molecule has 0 spiro atoms. The van der Waals surface area contributed by atoms with Gasteiger partial charge < -0.3 is 9.30 Å². The van der Waals surface area contributed by atoms with Crippen molar-refractivity contribution in [3.05, 3.63) is 85.2 Å². The number of benzene rings is 2. The zero-order valence-electron chi connectivity index (χ0n) is 14.8. The maximum Gasteiger partial charge on any atom is 0.173 e. The van der Waals surface area contributed by atoms with Gasteiger partial charge in [0.15, 0.2) is 6.23 Å². The van der Waals surface area contributed by atoms with E-state index in [2.05, 4.69) is 45.7 Å². The zero-order chi connectivity index (χ0) is 17.9. The van der Waals surface area contributed by atoms with Gasteiger partial charge >= 0.3 is 0 Å². The molecule has 130 valence electrons. The van der Waals surface area contributed by atoms with Crippen LogP contribution >= 0.6 is 0 Å². The highest BCUT2D eigenvalue weighted by Gasteiger charge is 2.11. The van der Waals surface area contributed by atoms with Crippen molar-refractivity contribution in [1.29, 1.82) is 0 Å².